The van der Waals surface area contributed by atoms with Crippen molar-refractivity contribution in [3.8, 4) is 5.88 Å². The maximum Gasteiger partial charge on any atom is 0.346 e. The zero-order valence-electron chi connectivity index (χ0n) is 13.1. The Balaban J connectivity index is 1.69. The lowest BCUT2D eigenvalue weighted by atomic mass is 10.1. The molecule has 1 amide bonds. The van der Waals surface area contributed by atoms with Crippen LogP contribution in [-0.4, -0.2) is 29.4 Å². The summed E-state index contributed by atoms with van der Waals surface area (Å²) in [6.45, 7) is 0.164. The number of amides is 1. The van der Waals surface area contributed by atoms with Gasteiger partial charge in [0.25, 0.3) is 5.91 Å². The monoisotopic (exact) mass is 347 g/mol. The van der Waals surface area contributed by atoms with Crippen molar-refractivity contribution < 1.29 is 19.1 Å². The van der Waals surface area contributed by atoms with Crippen LogP contribution in [0.15, 0.2) is 24.3 Å². The SMILES string of the molecule is COC(=O)c1c(OCc2cccc(C(=O)NC3CC3)c2)nsc1N. The Morgan fingerprint density at radius 2 is 2.21 bits per heavy atom. The molecule has 8 heteroatoms. The van der Waals surface area contributed by atoms with E-state index in [9.17, 15) is 9.59 Å². The number of hydrogen-bond acceptors (Lipinski definition) is 7. The topological polar surface area (TPSA) is 104 Å². The second-order valence-electron chi connectivity index (χ2n) is 5.46. The van der Waals surface area contributed by atoms with Crippen LogP contribution in [0.5, 0.6) is 5.88 Å². The van der Waals surface area contributed by atoms with Crippen molar-refractivity contribution in [3.63, 3.8) is 0 Å². The maximum atomic E-state index is 12.1. The summed E-state index contributed by atoms with van der Waals surface area (Å²) in [7, 11) is 1.27. The van der Waals surface area contributed by atoms with Crippen LogP contribution < -0.4 is 15.8 Å². The summed E-state index contributed by atoms with van der Waals surface area (Å²) in [5, 5.41) is 3.18. The van der Waals surface area contributed by atoms with Crippen LogP contribution >= 0.6 is 11.5 Å². The average Bonchev–Trinajstić information content (AvgIpc) is 3.33. The summed E-state index contributed by atoms with van der Waals surface area (Å²) in [5.41, 5.74) is 7.23. The normalized spacial score (nSPS) is 13.4. The van der Waals surface area contributed by atoms with Crippen molar-refractivity contribution in [3.05, 3.63) is 41.0 Å². The van der Waals surface area contributed by atoms with Gasteiger partial charge in [-0.05, 0) is 42.1 Å². The number of nitrogen functional groups attached to an aromatic ring is 1. The number of methoxy groups -OCH3 is 1. The number of esters is 1. The fraction of sp³-hybridized carbons (Fsp3) is 0.312. The minimum atomic E-state index is -0.589. The molecule has 1 aromatic heterocycles. The Kier molecular flexibility index (Phi) is 4.66. The van der Waals surface area contributed by atoms with E-state index in [1.807, 2.05) is 6.07 Å². The first kappa shape index (κ1) is 16.3. The van der Waals surface area contributed by atoms with Crippen LogP contribution in [0.4, 0.5) is 5.00 Å². The first-order chi connectivity index (χ1) is 11.6. The highest BCUT2D eigenvalue weighted by Gasteiger charge is 2.24. The van der Waals surface area contributed by atoms with E-state index >= 15 is 0 Å². The number of anilines is 1. The Hall–Kier alpha value is -2.61. The van der Waals surface area contributed by atoms with Gasteiger partial charge in [-0.15, -0.1) is 0 Å². The van der Waals surface area contributed by atoms with E-state index in [0.717, 1.165) is 29.9 Å². The Labute approximate surface area is 142 Å². The number of ether oxygens (including phenoxy) is 2. The number of benzene rings is 1. The maximum absolute atomic E-state index is 12.1. The number of carbonyl (C=O) groups excluding carboxylic acids is 2. The second kappa shape index (κ2) is 6.88. The van der Waals surface area contributed by atoms with Gasteiger partial charge in [-0.1, -0.05) is 12.1 Å². The van der Waals surface area contributed by atoms with E-state index in [4.69, 9.17) is 10.5 Å². The molecule has 0 spiro atoms. The number of nitrogens with two attached hydrogens (primary N) is 1. The molecular weight excluding hydrogens is 330 g/mol. The molecule has 2 aromatic rings. The minimum Gasteiger partial charge on any atom is -0.472 e. The molecule has 1 saturated carbocycles. The highest BCUT2D eigenvalue weighted by Crippen LogP contribution is 2.29. The van der Waals surface area contributed by atoms with Crippen molar-refractivity contribution >= 4 is 28.4 Å². The van der Waals surface area contributed by atoms with Crippen LogP contribution in [0.2, 0.25) is 0 Å². The summed E-state index contributed by atoms with van der Waals surface area (Å²) >= 11 is 0.970. The van der Waals surface area contributed by atoms with Crippen LogP contribution in [0, 0.1) is 0 Å². The molecule has 1 aliphatic carbocycles. The smallest absolute Gasteiger partial charge is 0.346 e. The van der Waals surface area contributed by atoms with Gasteiger partial charge in [0, 0.05) is 11.6 Å². The quantitative estimate of drug-likeness (QED) is 0.775. The molecule has 1 heterocycles. The van der Waals surface area contributed by atoms with Crippen molar-refractivity contribution in [1.29, 1.82) is 0 Å². The highest BCUT2D eigenvalue weighted by molar-refractivity contribution is 7.10. The Morgan fingerprint density at radius 3 is 2.92 bits per heavy atom. The van der Waals surface area contributed by atoms with Crippen molar-refractivity contribution in [2.24, 2.45) is 0 Å². The standard InChI is InChI=1S/C16H17N3O4S/c1-22-16(21)12-13(17)24-19-15(12)23-8-9-3-2-4-10(7-9)14(20)18-11-5-6-11/h2-4,7,11H,5-6,8,17H2,1H3,(H,18,20). The van der Waals surface area contributed by atoms with Gasteiger partial charge < -0.3 is 20.5 Å². The van der Waals surface area contributed by atoms with Crippen LogP contribution in [0.25, 0.3) is 0 Å². The summed E-state index contributed by atoms with van der Waals surface area (Å²) < 4.78 is 14.3. The second-order valence-corrected chi connectivity index (χ2v) is 6.26. The molecule has 3 N–H and O–H groups in total. The van der Waals surface area contributed by atoms with Gasteiger partial charge in [0.2, 0.25) is 5.88 Å². The Morgan fingerprint density at radius 1 is 1.42 bits per heavy atom. The molecule has 0 aliphatic heterocycles. The lowest BCUT2D eigenvalue weighted by molar-refractivity contribution is 0.0596. The van der Waals surface area contributed by atoms with E-state index in [1.54, 1.807) is 18.2 Å². The molecule has 0 saturated heterocycles. The van der Waals surface area contributed by atoms with Gasteiger partial charge in [-0.25, -0.2) is 4.79 Å². The molecule has 24 heavy (non-hydrogen) atoms. The molecule has 1 aliphatic rings. The zero-order chi connectivity index (χ0) is 17.1. The molecule has 0 unspecified atom stereocenters. The average molecular weight is 347 g/mol. The predicted octanol–water partition coefficient (Wildman–Crippen LogP) is 1.98. The molecule has 3 rings (SSSR count). The summed E-state index contributed by atoms with van der Waals surface area (Å²) in [5.74, 6) is -0.543. The largest absolute Gasteiger partial charge is 0.472 e. The zero-order valence-corrected chi connectivity index (χ0v) is 13.9. The van der Waals surface area contributed by atoms with Crippen molar-refractivity contribution in [1.82, 2.24) is 9.69 Å². The van der Waals surface area contributed by atoms with Crippen LogP contribution in [-0.2, 0) is 11.3 Å². The summed E-state index contributed by atoms with van der Waals surface area (Å²) in [4.78, 5) is 23.8. The minimum absolute atomic E-state index is 0.0903. The number of carbonyl (C=O) groups is 2. The van der Waals surface area contributed by atoms with Gasteiger partial charge in [-0.2, -0.15) is 4.37 Å². The number of hydrogen-bond donors (Lipinski definition) is 2. The number of nitrogens with one attached hydrogen (secondary N) is 1. The summed E-state index contributed by atoms with van der Waals surface area (Å²) in [6.07, 6.45) is 2.08. The summed E-state index contributed by atoms with van der Waals surface area (Å²) in [6, 6.07) is 7.43. The van der Waals surface area contributed by atoms with Crippen LogP contribution in [0.1, 0.15) is 39.1 Å². The molecule has 126 valence electrons. The van der Waals surface area contributed by atoms with E-state index in [2.05, 4.69) is 14.4 Å². The van der Waals surface area contributed by atoms with Gasteiger partial charge in [0.05, 0.1) is 7.11 Å². The first-order valence-corrected chi connectivity index (χ1v) is 8.22. The molecule has 7 nitrogen and oxygen atoms in total. The fourth-order valence-electron chi connectivity index (χ4n) is 2.13. The van der Waals surface area contributed by atoms with E-state index in [0.29, 0.717) is 11.6 Å². The fourth-order valence-corrected chi connectivity index (χ4v) is 2.71. The molecule has 0 radical (unpaired) electrons. The lowest BCUT2D eigenvalue weighted by Crippen LogP contribution is -2.25. The van der Waals surface area contributed by atoms with E-state index in [-0.39, 0.29) is 29.0 Å². The lowest BCUT2D eigenvalue weighted by Gasteiger charge is -2.08. The molecule has 0 atom stereocenters. The third-order valence-electron chi connectivity index (χ3n) is 3.55. The van der Waals surface area contributed by atoms with Gasteiger partial charge >= 0.3 is 5.97 Å². The Bertz CT molecular complexity index is 770. The third kappa shape index (κ3) is 3.65. The molecule has 1 fully saturated rings. The number of rotatable bonds is 6. The predicted molar refractivity (Wildman–Crippen MR) is 89.1 cm³/mol. The molecule has 0 bridgehead atoms. The molecule has 1 aromatic carbocycles. The number of nitrogens with zero attached hydrogens (tertiary/aromatic N) is 1. The van der Waals surface area contributed by atoms with E-state index < -0.39 is 5.97 Å². The molecular formula is C16H17N3O4S. The van der Waals surface area contributed by atoms with E-state index in [1.165, 1.54) is 7.11 Å². The first-order valence-electron chi connectivity index (χ1n) is 7.44. The van der Waals surface area contributed by atoms with Gasteiger partial charge in [0.15, 0.2) is 5.56 Å². The third-order valence-corrected chi connectivity index (χ3v) is 4.21. The van der Waals surface area contributed by atoms with Crippen molar-refractivity contribution in [2.75, 3.05) is 12.8 Å². The number of aromatic nitrogens is 1. The van der Waals surface area contributed by atoms with Crippen molar-refractivity contribution in [2.45, 2.75) is 25.5 Å². The highest BCUT2D eigenvalue weighted by atomic mass is 32.1. The van der Waals surface area contributed by atoms with Gasteiger partial charge in [0.1, 0.15) is 11.6 Å². The van der Waals surface area contributed by atoms with Crippen LogP contribution in [0.3, 0.4) is 0 Å². The van der Waals surface area contributed by atoms with Gasteiger partial charge in [-0.3, -0.25) is 4.79 Å².